The summed E-state index contributed by atoms with van der Waals surface area (Å²) in [5.74, 6) is 1.66. The van der Waals surface area contributed by atoms with Gasteiger partial charge in [0, 0.05) is 5.56 Å². The molecule has 0 spiro atoms. The van der Waals surface area contributed by atoms with Crippen LogP contribution in [0.5, 0.6) is 5.75 Å². The zero-order valence-electron chi connectivity index (χ0n) is 10.8. The van der Waals surface area contributed by atoms with Gasteiger partial charge in [0.2, 0.25) is 0 Å². The van der Waals surface area contributed by atoms with Crippen LogP contribution in [0.25, 0.3) is 22.4 Å². The van der Waals surface area contributed by atoms with Crippen molar-refractivity contribution in [1.29, 1.82) is 0 Å². The summed E-state index contributed by atoms with van der Waals surface area (Å²) in [6.45, 7) is 2.59. The average Bonchev–Trinajstić information content (AvgIpc) is 2.86. The van der Waals surface area contributed by atoms with Gasteiger partial charge in [0.1, 0.15) is 11.6 Å². The molecule has 0 saturated heterocycles. The first-order chi connectivity index (χ1) is 9.69. The standard InChI is InChI=1S/C15H12Br2N2O/c1-2-20-14-10(16)7-9(8-11(14)17)15-18-12-5-3-4-6-13(12)19-15/h3-8H,2H2,1H3,(H,18,19). The average molecular weight is 396 g/mol. The van der Waals surface area contributed by atoms with Gasteiger partial charge in [-0.05, 0) is 63.0 Å². The van der Waals surface area contributed by atoms with E-state index >= 15 is 0 Å². The third-order valence-corrected chi connectivity index (χ3v) is 4.13. The SMILES string of the molecule is CCOc1c(Br)cc(-c2nc3ccccc3[nH]2)cc1Br. The van der Waals surface area contributed by atoms with Crippen LogP contribution in [-0.4, -0.2) is 16.6 Å². The summed E-state index contributed by atoms with van der Waals surface area (Å²) in [5.41, 5.74) is 3.00. The number of H-pyrrole nitrogens is 1. The molecule has 0 bridgehead atoms. The second-order valence-electron chi connectivity index (χ2n) is 4.30. The Morgan fingerprint density at radius 3 is 2.50 bits per heavy atom. The molecule has 1 aromatic heterocycles. The molecule has 0 radical (unpaired) electrons. The lowest BCUT2D eigenvalue weighted by Gasteiger charge is -2.09. The Bertz CT molecular complexity index is 711. The van der Waals surface area contributed by atoms with E-state index in [1.165, 1.54) is 0 Å². The Morgan fingerprint density at radius 1 is 1.15 bits per heavy atom. The normalized spacial score (nSPS) is 10.9. The Kier molecular flexibility index (Phi) is 3.81. The van der Waals surface area contributed by atoms with Crippen LogP contribution < -0.4 is 4.74 Å². The summed E-state index contributed by atoms with van der Waals surface area (Å²) in [5, 5.41) is 0. The van der Waals surface area contributed by atoms with Crippen LogP contribution >= 0.6 is 31.9 Å². The monoisotopic (exact) mass is 394 g/mol. The van der Waals surface area contributed by atoms with Crippen LogP contribution in [0.15, 0.2) is 45.3 Å². The Hall–Kier alpha value is -1.33. The van der Waals surface area contributed by atoms with Gasteiger partial charge in [0.05, 0.1) is 26.6 Å². The number of hydrogen-bond donors (Lipinski definition) is 1. The zero-order chi connectivity index (χ0) is 14.1. The smallest absolute Gasteiger partial charge is 0.147 e. The number of nitrogens with zero attached hydrogens (tertiary/aromatic N) is 1. The van der Waals surface area contributed by atoms with Crippen LogP contribution in [0.3, 0.4) is 0 Å². The van der Waals surface area contributed by atoms with E-state index in [0.717, 1.165) is 37.1 Å². The van der Waals surface area contributed by atoms with Gasteiger partial charge in [-0.15, -0.1) is 0 Å². The molecular weight excluding hydrogens is 384 g/mol. The Morgan fingerprint density at radius 2 is 1.85 bits per heavy atom. The predicted molar refractivity (Wildman–Crippen MR) is 88.1 cm³/mol. The molecular formula is C15H12Br2N2O. The highest BCUT2D eigenvalue weighted by molar-refractivity contribution is 9.11. The number of halogens is 2. The molecule has 102 valence electrons. The summed E-state index contributed by atoms with van der Waals surface area (Å²) in [6.07, 6.45) is 0. The summed E-state index contributed by atoms with van der Waals surface area (Å²) < 4.78 is 7.41. The summed E-state index contributed by atoms with van der Waals surface area (Å²) in [7, 11) is 0. The summed E-state index contributed by atoms with van der Waals surface area (Å²) in [6, 6.07) is 12.0. The number of imidazole rings is 1. The van der Waals surface area contributed by atoms with Crippen molar-refractivity contribution < 1.29 is 4.74 Å². The first-order valence-electron chi connectivity index (χ1n) is 6.26. The minimum absolute atomic E-state index is 0.626. The van der Waals surface area contributed by atoms with Crippen molar-refractivity contribution in [3.8, 4) is 17.1 Å². The molecule has 3 aromatic rings. The molecule has 5 heteroatoms. The van der Waals surface area contributed by atoms with Crippen molar-refractivity contribution in [3.05, 3.63) is 45.3 Å². The van der Waals surface area contributed by atoms with Gasteiger partial charge in [0.15, 0.2) is 0 Å². The van der Waals surface area contributed by atoms with Gasteiger partial charge in [0.25, 0.3) is 0 Å². The highest BCUT2D eigenvalue weighted by atomic mass is 79.9. The molecule has 0 aliphatic carbocycles. The molecule has 0 fully saturated rings. The van der Waals surface area contributed by atoms with Crippen LogP contribution in [-0.2, 0) is 0 Å². The van der Waals surface area contributed by atoms with Gasteiger partial charge in [-0.1, -0.05) is 12.1 Å². The van der Waals surface area contributed by atoms with E-state index in [9.17, 15) is 0 Å². The lowest BCUT2D eigenvalue weighted by molar-refractivity contribution is 0.336. The third kappa shape index (κ3) is 2.47. The fourth-order valence-corrected chi connectivity index (χ4v) is 3.48. The van der Waals surface area contributed by atoms with Crippen LogP contribution in [0, 0.1) is 0 Å². The fourth-order valence-electron chi connectivity index (χ4n) is 2.07. The quantitative estimate of drug-likeness (QED) is 0.665. The van der Waals surface area contributed by atoms with E-state index in [1.54, 1.807) is 0 Å². The van der Waals surface area contributed by atoms with E-state index in [0.29, 0.717) is 6.61 Å². The summed E-state index contributed by atoms with van der Waals surface area (Å²) in [4.78, 5) is 7.93. The molecule has 1 N–H and O–H groups in total. The number of benzene rings is 2. The van der Waals surface area contributed by atoms with Gasteiger partial charge < -0.3 is 9.72 Å². The van der Waals surface area contributed by atoms with Crippen molar-refractivity contribution in [2.24, 2.45) is 0 Å². The number of aromatic amines is 1. The number of hydrogen-bond acceptors (Lipinski definition) is 2. The van der Waals surface area contributed by atoms with Crippen molar-refractivity contribution in [2.45, 2.75) is 6.92 Å². The van der Waals surface area contributed by atoms with Crippen LogP contribution in [0.2, 0.25) is 0 Å². The number of rotatable bonds is 3. The first kappa shape index (κ1) is 13.6. The van der Waals surface area contributed by atoms with Gasteiger partial charge >= 0.3 is 0 Å². The maximum atomic E-state index is 5.59. The number of ether oxygens (including phenoxy) is 1. The molecule has 0 amide bonds. The van der Waals surface area contributed by atoms with Crippen molar-refractivity contribution in [1.82, 2.24) is 9.97 Å². The van der Waals surface area contributed by atoms with Crippen LogP contribution in [0.1, 0.15) is 6.92 Å². The van der Waals surface area contributed by atoms with E-state index in [1.807, 2.05) is 43.3 Å². The maximum absolute atomic E-state index is 5.59. The molecule has 0 atom stereocenters. The molecule has 1 heterocycles. The first-order valence-corrected chi connectivity index (χ1v) is 7.84. The van der Waals surface area contributed by atoms with Gasteiger partial charge in [-0.2, -0.15) is 0 Å². The van der Waals surface area contributed by atoms with Crippen molar-refractivity contribution >= 4 is 42.9 Å². The van der Waals surface area contributed by atoms with E-state index in [4.69, 9.17) is 4.74 Å². The minimum atomic E-state index is 0.626. The number of para-hydroxylation sites is 2. The molecule has 0 saturated carbocycles. The topological polar surface area (TPSA) is 37.9 Å². The lowest BCUT2D eigenvalue weighted by atomic mass is 10.2. The van der Waals surface area contributed by atoms with E-state index in [2.05, 4.69) is 41.8 Å². The molecule has 3 nitrogen and oxygen atoms in total. The molecule has 0 aliphatic heterocycles. The Labute approximate surface area is 133 Å². The third-order valence-electron chi connectivity index (χ3n) is 2.95. The number of nitrogens with one attached hydrogen (secondary N) is 1. The molecule has 3 rings (SSSR count). The molecule has 2 aromatic carbocycles. The van der Waals surface area contributed by atoms with Crippen LogP contribution in [0.4, 0.5) is 0 Å². The lowest BCUT2D eigenvalue weighted by Crippen LogP contribution is -1.94. The predicted octanol–water partition coefficient (Wildman–Crippen LogP) is 5.15. The van der Waals surface area contributed by atoms with Gasteiger partial charge in [-0.3, -0.25) is 0 Å². The molecule has 20 heavy (non-hydrogen) atoms. The maximum Gasteiger partial charge on any atom is 0.147 e. The van der Waals surface area contributed by atoms with Crippen molar-refractivity contribution in [3.63, 3.8) is 0 Å². The number of fused-ring (bicyclic) bond motifs is 1. The fraction of sp³-hybridized carbons (Fsp3) is 0.133. The molecule has 0 unspecified atom stereocenters. The van der Waals surface area contributed by atoms with E-state index in [-0.39, 0.29) is 0 Å². The second-order valence-corrected chi connectivity index (χ2v) is 6.01. The zero-order valence-corrected chi connectivity index (χ0v) is 14.0. The highest BCUT2D eigenvalue weighted by Crippen LogP contribution is 2.37. The largest absolute Gasteiger partial charge is 0.492 e. The molecule has 0 aliphatic rings. The highest BCUT2D eigenvalue weighted by Gasteiger charge is 2.12. The number of aromatic nitrogens is 2. The van der Waals surface area contributed by atoms with Gasteiger partial charge in [-0.25, -0.2) is 4.98 Å². The summed E-state index contributed by atoms with van der Waals surface area (Å²) >= 11 is 7.09. The van der Waals surface area contributed by atoms with Crippen molar-refractivity contribution in [2.75, 3.05) is 6.61 Å². The Balaban J connectivity index is 2.10. The van der Waals surface area contributed by atoms with E-state index < -0.39 is 0 Å². The second kappa shape index (κ2) is 5.58. The minimum Gasteiger partial charge on any atom is -0.492 e.